The predicted octanol–water partition coefficient (Wildman–Crippen LogP) is 1.58. The number of aliphatic hydroxyl groups excluding tert-OH is 1. The Bertz CT molecular complexity index is 475. The van der Waals surface area contributed by atoms with E-state index < -0.39 is 17.9 Å². The number of aryl methyl sites for hydroxylation is 1. The smallest absolute Gasteiger partial charge is 0.313 e. The molecule has 19 heavy (non-hydrogen) atoms. The average Bonchev–Trinajstić information content (AvgIpc) is 2.33. The van der Waals surface area contributed by atoms with Gasteiger partial charge in [0.2, 0.25) is 0 Å². The molecular weight excluding hydrogens is 312 g/mol. The Kier molecular flexibility index (Phi) is 5.98. The van der Waals surface area contributed by atoms with Gasteiger partial charge in [-0.1, -0.05) is 22.0 Å². The van der Waals surface area contributed by atoms with Crippen LogP contribution in [0.3, 0.4) is 0 Å². The third-order valence-electron chi connectivity index (χ3n) is 2.48. The van der Waals surface area contributed by atoms with E-state index in [1.165, 1.54) is 0 Å². The molecule has 104 valence electrons. The summed E-state index contributed by atoms with van der Waals surface area (Å²) in [4.78, 5) is 23.0. The Balaban J connectivity index is 2.49. The van der Waals surface area contributed by atoms with Gasteiger partial charge in [0.25, 0.3) is 0 Å². The summed E-state index contributed by atoms with van der Waals surface area (Å²) in [6, 6.07) is 5.29. The minimum atomic E-state index is -0.721. The largest absolute Gasteiger partial charge is 0.393 e. The van der Waals surface area contributed by atoms with Crippen molar-refractivity contribution in [1.82, 2.24) is 5.32 Å². The molecular formula is C13H17BrN2O3. The molecule has 1 aromatic rings. The molecule has 0 aliphatic carbocycles. The van der Waals surface area contributed by atoms with Gasteiger partial charge in [0.15, 0.2) is 0 Å². The molecule has 5 nitrogen and oxygen atoms in total. The summed E-state index contributed by atoms with van der Waals surface area (Å²) in [7, 11) is 0. The normalized spacial score (nSPS) is 11.8. The number of rotatable bonds is 4. The van der Waals surface area contributed by atoms with Crippen molar-refractivity contribution in [3.05, 3.63) is 28.2 Å². The number of halogens is 1. The molecule has 0 heterocycles. The first-order valence-electron chi connectivity index (χ1n) is 5.93. The third-order valence-corrected chi connectivity index (χ3v) is 3.34. The lowest BCUT2D eigenvalue weighted by Crippen LogP contribution is -2.36. The zero-order valence-corrected chi connectivity index (χ0v) is 12.5. The van der Waals surface area contributed by atoms with E-state index in [4.69, 9.17) is 5.11 Å². The number of nitrogens with one attached hydrogen (secondary N) is 2. The van der Waals surface area contributed by atoms with Gasteiger partial charge in [-0.3, -0.25) is 9.59 Å². The molecule has 3 N–H and O–H groups in total. The number of anilines is 1. The number of carbonyl (C=O) groups is 2. The predicted molar refractivity (Wildman–Crippen MR) is 76.8 cm³/mol. The van der Waals surface area contributed by atoms with Gasteiger partial charge in [0.05, 0.1) is 6.10 Å². The Morgan fingerprint density at radius 3 is 2.63 bits per heavy atom. The van der Waals surface area contributed by atoms with Gasteiger partial charge in [-0.05, 0) is 38.0 Å². The quantitative estimate of drug-likeness (QED) is 0.734. The Morgan fingerprint density at radius 1 is 1.37 bits per heavy atom. The first kappa shape index (κ1) is 15.7. The van der Waals surface area contributed by atoms with Crippen molar-refractivity contribution in [2.45, 2.75) is 26.4 Å². The van der Waals surface area contributed by atoms with Crippen molar-refractivity contribution >= 4 is 33.4 Å². The van der Waals surface area contributed by atoms with Crippen LogP contribution in [0.4, 0.5) is 5.69 Å². The van der Waals surface area contributed by atoms with Gasteiger partial charge in [-0.15, -0.1) is 0 Å². The van der Waals surface area contributed by atoms with E-state index in [9.17, 15) is 9.59 Å². The maximum Gasteiger partial charge on any atom is 0.313 e. The number of aliphatic hydroxyl groups is 1. The van der Waals surface area contributed by atoms with Gasteiger partial charge in [-0.25, -0.2) is 0 Å². The number of hydrogen-bond donors (Lipinski definition) is 3. The van der Waals surface area contributed by atoms with E-state index in [1.54, 1.807) is 19.1 Å². The minimum Gasteiger partial charge on any atom is -0.393 e. The van der Waals surface area contributed by atoms with Crippen molar-refractivity contribution in [2.24, 2.45) is 0 Å². The maximum atomic E-state index is 11.6. The first-order chi connectivity index (χ1) is 8.90. The number of benzene rings is 1. The van der Waals surface area contributed by atoms with E-state index in [0.717, 1.165) is 10.0 Å². The van der Waals surface area contributed by atoms with Crippen molar-refractivity contribution < 1.29 is 14.7 Å². The molecule has 0 saturated heterocycles. The van der Waals surface area contributed by atoms with Gasteiger partial charge < -0.3 is 15.7 Å². The molecule has 0 aromatic heterocycles. The van der Waals surface area contributed by atoms with E-state index in [-0.39, 0.29) is 6.54 Å². The van der Waals surface area contributed by atoms with E-state index in [1.807, 2.05) is 13.0 Å². The lowest BCUT2D eigenvalue weighted by Gasteiger charge is -2.08. The van der Waals surface area contributed by atoms with Crippen molar-refractivity contribution in [2.75, 3.05) is 11.9 Å². The van der Waals surface area contributed by atoms with Crippen LogP contribution < -0.4 is 10.6 Å². The summed E-state index contributed by atoms with van der Waals surface area (Å²) in [5.41, 5.74) is 1.59. The Morgan fingerprint density at radius 2 is 2.05 bits per heavy atom. The van der Waals surface area contributed by atoms with E-state index >= 15 is 0 Å². The van der Waals surface area contributed by atoms with Crippen LogP contribution in [0, 0.1) is 6.92 Å². The highest BCUT2D eigenvalue weighted by Crippen LogP contribution is 2.20. The van der Waals surface area contributed by atoms with Crippen LogP contribution in [0.25, 0.3) is 0 Å². The summed E-state index contributed by atoms with van der Waals surface area (Å²) < 4.78 is 0.861. The van der Waals surface area contributed by atoms with Crippen LogP contribution in [0.2, 0.25) is 0 Å². The maximum absolute atomic E-state index is 11.6. The Labute approximate surface area is 120 Å². The molecule has 0 bridgehead atoms. The second kappa shape index (κ2) is 7.25. The monoisotopic (exact) mass is 328 g/mol. The first-order valence-corrected chi connectivity index (χ1v) is 6.73. The number of carbonyl (C=O) groups excluding carboxylic acids is 2. The van der Waals surface area contributed by atoms with Gasteiger partial charge in [0, 0.05) is 16.7 Å². The fourth-order valence-corrected chi connectivity index (χ4v) is 1.71. The zero-order valence-electron chi connectivity index (χ0n) is 10.9. The zero-order chi connectivity index (χ0) is 14.4. The van der Waals surface area contributed by atoms with E-state index in [0.29, 0.717) is 12.1 Å². The third kappa shape index (κ3) is 5.40. The van der Waals surface area contributed by atoms with E-state index in [2.05, 4.69) is 26.6 Å². The SMILES string of the molecule is Cc1ccc(NC(=O)C(=O)NCCC(C)O)cc1Br. The standard InChI is InChI=1S/C13H17BrN2O3/c1-8-3-4-10(7-11(8)14)16-13(19)12(18)15-6-5-9(2)17/h3-4,7,9,17H,5-6H2,1-2H3,(H,15,18)(H,16,19). The highest BCUT2D eigenvalue weighted by atomic mass is 79.9. The topological polar surface area (TPSA) is 78.4 Å². The van der Waals surface area contributed by atoms with Gasteiger partial charge in [0.1, 0.15) is 0 Å². The van der Waals surface area contributed by atoms with Gasteiger partial charge in [-0.2, -0.15) is 0 Å². The average molecular weight is 329 g/mol. The summed E-state index contributed by atoms with van der Waals surface area (Å²) >= 11 is 3.35. The van der Waals surface area contributed by atoms with Crippen LogP contribution in [-0.2, 0) is 9.59 Å². The molecule has 6 heteroatoms. The summed E-state index contributed by atoms with van der Waals surface area (Å²) in [6.07, 6.45) is -0.0915. The second-order valence-electron chi connectivity index (χ2n) is 4.31. The van der Waals surface area contributed by atoms with Crippen LogP contribution in [-0.4, -0.2) is 29.6 Å². The Hall–Kier alpha value is -1.40. The van der Waals surface area contributed by atoms with Gasteiger partial charge >= 0.3 is 11.8 Å². The molecule has 1 aromatic carbocycles. The van der Waals surface area contributed by atoms with Crippen molar-refractivity contribution in [1.29, 1.82) is 0 Å². The molecule has 0 saturated carbocycles. The molecule has 0 spiro atoms. The molecule has 1 rings (SSSR count). The number of hydrogen-bond acceptors (Lipinski definition) is 3. The van der Waals surface area contributed by atoms with Crippen molar-refractivity contribution in [3.63, 3.8) is 0 Å². The van der Waals surface area contributed by atoms with Crippen LogP contribution in [0.1, 0.15) is 18.9 Å². The van der Waals surface area contributed by atoms with Crippen molar-refractivity contribution in [3.8, 4) is 0 Å². The summed E-state index contributed by atoms with van der Waals surface area (Å²) in [5, 5.41) is 14.0. The fraction of sp³-hybridized carbons (Fsp3) is 0.385. The molecule has 0 fully saturated rings. The highest BCUT2D eigenvalue weighted by Gasteiger charge is 2.13. The molecule has 1 unspecified atom stereocenters. The van der Waals surface area contributed by atoms with Crippen LogP contribution in [0.5, 0.6) is 0 Å². The minimum absolute atomic E-state index is 0.265. The summed E-state index contributed by atoms with van der Waals surface area (Å²) in [6.45, 7) is 3.82. The number of amides is 2. The van der Waals surface area contributed by atoms with Crippen LogP contribution >= 0.6 is 15.9 Å². The summed E-state index contributed by atoms with van der Waals surface area (Å²) in [5.74, 6) is -1.43. The molecule has 0 aliphatic rings. The lowest BCUT2D eigenvalue weighted by molar-refractivity contribution is -0.136. The molecule has 2 amide bonds. The van der Waals surface area contributed by atoms with Crippen LogP contribution in [0.15, 0.2) is 22.7 Å². The molecule has 0 radical (unpaired) electrons. The highest BCUT2D eigenvalue weighted by molar-refractivity contribution is 9.10. The fourth-order valence-electron chi connectivity index (χ4n) is 1.33. The lowest BCUT2D eigenvalue weighted by atomic mass is 10.2. The second-order valence-corrected chi connectivity index (χ2v) is 5.17. The molecule has 0 aliphatic heterocycles. The molecule has 1 atom stereocenters.